The maximum Gasteiger partial charge on any atom is 0.117 e. The molecule has 0 unspecified atom stereocenters. The molecular weight excluding hydrogens is 219 g/mol. The molecule has 0 bridgehead atoms. The summed E-state index contributed by atoms with van der Waals surface area (Å²) < 4.78 is 5.30. The molecule has 1 aromatic heterocycles. The normalized spacial score (nSPS) is 9.75. The molecule has 4 heteroatoms. The van der Waals surface area contributed by atoms with Gasteiger partial charge < -0.3 is 0 Å². The first-order chi connectivity index (χ1) is 3.84. The fraction of sp³-hybridized carbons (Fsp3) is 0.500. The van der Waals surface area contributed by atoms with Crippen LogP contribution in [0.25, 0.3) is 0 Å². The molecule has 0 aliphatic rings. The van der Waals surface area contributed by atoms with Gasteiger partial charge in [-0.2, -0.15) is 0 Å². The van der Waals surface area contributed by atoms with Crippen molar-refractivity contribution in [3.05, 3.63) is 11.4 Å². The summed E-state index contributed by atoms with van der Waals surface area (Å²) in [7, 11) is 0. The van der Waals surface area contributed by atoms with E-state index >= 15 is 0 Å². The average Bonchev–Trinajstić information content (AvgIpc) is 2.14. The summed E-state index contributed by atoms with van der Waals surface area (Å²) in [5, 5.41) is 7.24. The van der Waals surface area contributed by atoms with E-state index in [1.54, 1.807) is 0 Å². The highest BCUT2D eigenvalue weighted by molar-refractivity contribution is 14.1. The van der Waals surface area contributed by atoms with Gasteiger partial charge in [-0.15, -0.1) is 0 Å². The number of hydrogen-bond acceptors (Lipinski definition) is 3. The van der Waals surface area contributed by atoms with Gasteiger partial charge in [-0.1, -0.05) is 32.9 Å². The maximum atomic E-state index is 4.43. The van der Waals surface area contributed by atoms with Crippen LogP contribution in [-0.4, -0.2) is 10.3 Å². The van der Waals surface area contributed by atoms with Gasteiger partial charge in [0.2, 0.25) is 0 Å². The highest BCUT2D eigenvalue weighted by Crippen LogP contribution is 2.04. The van der Waals surface area contributed by atoms with Gasteiger partial charge in [-0.05, 0) is 6.92 Å². The molecule has 0 aromatic carbocycles. The lowest BCUT2D eigenvalue weighted by atomic mass is 10.4. The predicted molar refractivity (Wildman–Crippen MR) is 36.8 cm³/mol. The van der Waals surface area contributed by atoms with Crippen molar-refractivity contribution >= 4 is 22.6 Å². The summed E-state index contributed by atoms with van der Waals surface area (Å²) in [4.78, 5) is 0. The van der Waals surface area contributed by atoms with E-state index in [-0.39, 0.29) is 0 Å². The minimum atomic E-state index is 0.868. The number of aromatic nitrogens is 2. The Bertz CT molecular complexity index is 174. The van der Waals surface area contributed by atoms with Gasteiger partial charge in [0.25, 0.3) is 0 Å². The fourth-order valence-electron chi connectivity index (χ4n) is 0.371. The zero-order valence-electron chi connectivity index (χ0n) is 4.39. The molecule has 0 spiro atoms. The van der Waals surface area contributed by atoms with Gasteiger partial charge in [0, 0.05) is 4.43 Å². The molecular formula is C4H5IN2O. The predicted octanol–water partition coefficient (Wildman–Crippen LogP) is 1.31. The SMILES string of the molecule is Cc1nonc1CI. The second-order valence-corrected chi connectivity index (χ2v) is 2.19. The van der Waals surface area contributed by atoms with Crippen LogP contribution in [-0.2, 0) is 4.43 Å². The summed E-state index contributed by atoms with van der Waals surface area (Å²) in [6, 6.07) is 0. The summed E-state index contributed by atoms with van der Waals surface area (Å²) in [5.74, 6) is 0. The number of halogens is 1. The van der Waals surface area contributed by atoms with E-state index in [1.807, 2.05) is 6.92 Å². The second kappa shape index (κ2) is 2.43. The third-order valence-electron chi connectivity index (χ3n) is 0.873. The Labute approximate surface area is 60.6 Å². The Morgan fingerprint density at radius 1 is 1.62 bits per heavy atom. The molecule has 0 amide bonds. The number of aryl methyl sites for hydroxylation is 1. The van der Waals surface area contributed by atoms with E-state index < -0.39 is 0 Å². The summed E-state index contributed by atoms with van der Waals surface area (Å²) >= 11 is 2.21. The summed E-state index contributed by atoms with van der Waals surface area (Å²) in [6.45, 7) is 1.88. The molecule has 0 saturated heterocycles. The molecule has 44 valence electrons. The van der Waals surface area contributed by atoms with Gasteiger partial charge in [0.1, 0.15) is 11.4 Å². The molecule has 0 saturated carbocycles. The van der Waals surface area contributed by atoms with Gasteiger partial charge >= 0.3 is 0 Å². The Balaban J connectivity index is 2.92. The van der Waals surface area contributed by atoms with Gasteiger partial charge in [-0.25, -0.2) is 4.63 Å². The largest absolute Gasteiger partial charge is 0.244 e. The van der Waals surface area contributed by atoms with Crippen molar-refractivity contribution in [3.63, 3.8) is 0 Å². The Morgan fingerprint density at radius 3 is 2.62 bits per heavy atom. The van der Waals surface area contributed by atoms with Crippen molar-refractivity contribution in [1.82, 2.24) is 10.3 Å². The number of hydrogen-bond donors (Lipinski definition) is 0. The van der Waals surface area contributed by atoms with Gasteiger partial charge in [-0.3, -0.25) is 0 Å². The maximum absolute atomic E-state index is 4.43. The van der Waals surface area contributed by atoms with E-state index in [0.29, 0.717) is 0 Å². The number of alkyl halides is 1. The van der Waals surface area contributed by atoms with E-state index in [1.165, 1.54) is 0 Å². The average molecular weight is 224 g/mol. The smallest absolute Gasteiger partial charge is 0.117 e. The molecule has 8 heavy (non-hydrogen) atoms. The van der Waals surface area contributed by atoms with Crippen LogP contribution in [0.1, 0.15) is 11.4 Å². The highest BCUT2D eigenvalue weighted by atomic mass is 127. The standard InChI is InChI=1S/C4H5IN2O/c1-3-4(2-5)7-8-6-3/h2H2,1H3. The first-order valence-electron chi connectivity index (χ1n) is 2.18. The molecule has 0 aliphatic heterocycles. The lowest BCUT2D eigenvalue weighted by Gasteiger charge is -1.78. The van der Waals surface area contributed by atoms with Crippen LogP contribution in [0, 0.1) is 6.92 Å². The molecule has 1 rings (SSSR count). The lowest BCUT2D eigenvalue weighted by Crippen LogP contribution is -1.78. The van der Waals surface area contributed by atoms with Gasteiger partial charge in [0.15, 0.2) is 0 Å². The molecule has 0 aliphatic carbocycles. The monoisotopic (exact) mass is 224 g/mol. The molecule has 0 fully saturated rings. The Hall–Kier alpha value is -0.130. The Morgan fingerprint density at radius 2 is 2.38 bits per heavy atom. The van der Waals surface area contributed by atoms with E-state index in [2.05, 4.69) is 37.5 Å². The van der Waals surface area contributed by atoms with Crippen LogP contribution in [0.5, 0.6) is 0 Å². The minimum absolute atomic E-state index is 0.868. The topological polar surface area (TPSA) is 38.9 Å². The number of rotatable bonds is 1. The van der Waals surface area contributed by atoms with Crippen LogP contribution in [0.15, 0.2) is 4.63 Å². The first kappa shape index (κ1) is 6.00. The Kier molecular flexibility index (Phi) is 1.82. The van der Waals surface area contributed by atoms with Crippen molar-refractivity contribution < 1.29 is 4.63 Å². The molecule has 3 nitrogen and oxygen atoms in total. The van der Waals surface area contributed by atoms with Crippen LogP contribution in [0.3, 0.4) is 0 Å². The zero-order chi connectivity index (χ0) is 5.98. The van der Waals surface area contributed by atoms with Crippen LogP contribution >= 0.6 is 22.6 Å². The quantitative estimate of drug-likeness (QED) is 0.533. The van der Waals surface area contributed by atoms with Crippen molar-refractivity contribution in [3.8, 4) is 0 Å². The van der Waals surface area contributed by atoms with Crippen molar-refractivity contribution in [2.75, 3.05) is 0 Å². The van der Waals surface area contributed by atoms with Crippen LogP contribution in [0.4, 0.5) is 0 Å². The van der Waals surface area contributed by atoms with Crippen LogP contribution in [0.2, 0.25) is 0 Å². The van der Waals surface area contributed by atoms with Crippen molar-refractivity contribution in [2.24, 2.45) is 0 Å². The van der Waals surface area contributed by atoms with Crippen molar-refractivity contribution in [1.29, 1.82) is 0 Å². The third-order valence-corrected chi connectivity index (χ3v) is 1.60. The first-order valence-corrected chi connectivity index (χ1v) is 3.71. The minimum Gasteiger partial charge on any atom is -0.244 e. The zero-order valence-corrected chi connectivity index (χ0v) is 6.55. The molecule has 0 radical (unpaired) electrons. The number of nitrogens with zero attached hydrogens (tertiary/aromatic N) is 2. The molecule has 0 atom stereocenters. The van der Waals surface area contributed by atoms with E-state index in [4.69, 9.17) is 0 Å². The lowest BCUT2D eigenvalue weighted by molar-refractivity contribution is 0.302. The summed E-state index contributed by atoms with van der Waals surface area (Å²) in [5.41, 5.74) is 1.82. The molecule has 0 N–H and O–H groups in total. The van der Waals surface area contributed by atoms with E-state index in [0.717, 1.165) is 15.8 Å². The third kappa shape index (κ3) is 0.988. The fourth-order valence-corrected chi connectivity index (χ4v) is 1.06. The second-order valence-electron chi connectivity index (χ2n) is 1.43. The highest BCUT2D eigenvalue weighted by Gasteiger charge is 1.99. The molecule has 1 heterocycles. The van der Waals surface area contributed by atoms with Crippen LogP contribution < -0.4 is 0 Å². The summed E-state index contributed by atoms with van der Waals surface area (Å²) in [6.07, 6.45) is 0. The van der Waals surface area contributed by atoms with Gasteiger partial charge in [0.05, 0.1) is 0 Å². The van der Waals surface area contributed by atoms with Crippen molar-refractivity contribution in [2.45, 2.75) is 11.4 Å². The van der Waals surface area contributed by atoms with E-state index in [9.17, 15) is 0 Å². The molecule has 1 aromatic rings.